The lowest BCUT2D eigenvalue weighted by Crippen LogP contribution is -2.30. The van der Waals surface area contributed by atoms with E-state index in [4.69, 9.17) is 5.73 Å². The minimum absolute atomic E-state index is 0.205. The molecule has 3 nitrogen and oxygen atoms in total. The normalized spacial score (nSPS) is 17.9. The quantitative estimate of drug-likeness (QED) is 0.808. The van der Waals surface area contributed by atoms with Crippen LogP contribution in [0.2, 0.25) is 0 Å². The molecule has 0 aliphatic carbocycles. The van der Waals surface area contributed by atoms with E-state index in [9.17, 15) is 4.39 Å². The molecule has 1 aromatic carbocycles. The summed E-state index contributed by atoms with van der Waals surface area (Å²) in [4.78, 5) is 2.37. The zero-order valence-electron chi connectivity index (χ0n) is 11.0. The molecule has 0 unspecified atom stereocenters. The second-order valence-corrected chi connectivity index (χ2v) is 5.20. The van der Waals surface area contributed by atoms with Crippen molar-refractivity contribution in [2.75, 3.05) is 37.7 Å². The first-order valence-electron chi connectivity index (χ1n) is 6.62. The summed E-state index contributed by atoms with van der Waals surface area (Å²) in [5.74, 6) is 0.451. The topological polar surface area (TPSA) is 41.3 Å². The first kappa shape index (κ1) is 13.1. The molecule has 1 aliphatic heterocycles. The van der Waals surface area contributed by atoms with Crippen molar-refractivity contribution in [3.8, 4) is 0 Å². The lowest BCUT2D eigenvalue weighted by molar-refractivity contribution is 0.215. The summed E-state index contributed by atoms with van der Waals surface area (Å²) < 4.78 is 13.2. The van der Waals surface area contributed by atoms with Gasteiger partial charge in [-0.2, -0.15) is 0 Å². The van der Waals surface area contributed by atoms with E-state index in [0.717, 1.165) is 24.6 Å². The summed E-state index contributed by atoms with van der Waals surface area (Å²) in [7, 11) is 2.17. The maximum atomic E-state index is 13.2. The third kappa shape index (κ3) is 3.60. The minimum atomic E-state index is -0.348. The zero-order chi connectivity index (χ0) is 13.0. The fourth-order valence-electron chi connectivity index (χ4n) is 2.41. The highest BCUT2D eigenvalue weighted by Gasteiger charge is 2.15. The Kier molecular flexibility index (Phi) is 4.42. The number of nitrogen functional groups attached to an aromatic ring is 1. The summed E-state index contributed by atoms with van der Waals surface area (Å²) in [6.45, 7) is 3.29. The Morgan fingerprint density at radius 2 is 2.11 bits per heavy atom. The van der Waals surface area contributed by atoms with Gasteiger partial charge in [0.25, 0.3) is 0 Å². The summed E-state index contributed by atoms with van der Waals surface area (Å²) in [6.07, 6.45) is 3.70. The van der Waals surface area contributed by atoms with E-state index in [2.05, 4.69) is 17.3 Å². The molecule has 100 valence electrons. The van der Waals surface area contributed by atoms with Crippen LogP contribution < -0.4 is 11.1 Å². The molecule has 0 amide bonds. The van der Waals surface area contributed by atoms with E-state index in [0.29, 0.717) is 0 Å². The fourth-order valence-corrected chi connectivity index (χ4v) is 2.41. The number of likely N-dealkylation sites (tertiary alicyclic amines) is 1. The Morgan fingerprint density at radius 3 is 2.78 bits per heavy atom. The number of anilines is 2. The standard InChI is InChI=1S/C14H22FN3/c1-18-8-5-11(6-9-18)4-7-17-12-2-3-14(16)13(15)10-12/h2-3,10-11,17H,4-9,16H2,1H3. The van der Waals surface area contributed by atoms with Gasteiger partial charge in [-0.1, -0.05) is 0 Å². The zero-order valence-corrected chi connectivity index (χ0v) is 11.0. The molecule has 0 atom stereocenters. The molecule has 1 aliphatic rings. The highest BCUT2D eigenvalue weighted by molar-refractivity contribution is 5.52. The van der Waals surface area contributed by atoms with Gasteiger partial charge in [-0.3, -0.25) is 0 Å². The highest BCUT2D eigenvalue weighted by Crippen LogP contribution is 2.20. The van der Waals surface area contributed by atoms with Gasteiger partial charge in [-0.25, -0.2) is 4.39 Å². The van der Waals surface area contributed by atoms with E-state index in [1.165, 1.54) is 32.0 Å². The Hall–Kier alpha value is -1.29. The molecule has 1 heterocycles. The van der Waals surface area contributed by atoms with Crippen LogP contribution in [0.4, 0.5) is 15.8 Å². The smallest absolute Gasteiger partial charge is 0.148 e. The number of hydrogen-bond donors (Lipinski definition) is 2. The van der Waals surface area contributed by atoms with Crippen LogP contribution in [0.15, 0.2) is 18.2 Å². The van der Waals surface area contributed by atoms with Crippen LogP contribution in [0.3, 0.4) is 0 Å². The fraction of sp³-hybridized carbons (Fsp3) is 0.571. The van der Waals surface area contributed by atoms with Gasteiger partial charge in [0, 0.05) is 12.2 Å². The second-order valence-electron chi connectivity index (χ2n) is 5.20. The molecule has 0 saturated carbocycles. The highest BCUT2D eigenvalue weighted by atomic mass is 19.1. The Balaban J connectivity index is 1.73. The number of nitrogens with zero attached hydrogens (tertiary/aromatic N) is 1. The SMILES string of the molecule is CN1CCC(CCNc2ccc(N)c(F)c2)CC1. The van der Waals surface area contributed by atoms with Gasteiger partial charge in [0.1, 0.15) is 5.82 Å². The number of nitrogens with two attached hydrogens (primary N) is 1. The summed E-state index contributed by atoms with van der Waals surface area (Å²) in [5.41, 5.74) is 6.46. The summed E-state index contributed by atoms with van der Waals surface area (Å²) >= 11 is 0. The number of rotatable bonds is 4. The number of nitrogens with one attached hydrogen (secondary N) is 1. The Bertz CT molecular complexity index is 387. The van der Waals surface area contributed by atoms with Crippen molar-refractivity contribution in [1.29, 1.82) is 0 Å². The molecule has 3 N–H and O–H groups in total. The number of piperidine rings is 1. The van der Waals surface area contributed by atoms with Gasteiger partial charge < -0.3 is 16.0 Å². The third-order valence-electron chi connectivity index (χ3n) is 3.72. The van der Waals surface area contributed by atoms with Gasteiger partial charge in [0.15, 0.2) is 0 Å². The van der Waals surface area contributed by atoms with Crippen molar-refractivity contribution < 1.29 is 4.39 Å². The van der Waals surface area contributed by atoms with E-state index < -0.39 is 0 Å². The molecular weight excluding hydrogens is 229 g/mol. The average Bonchev–Trinajstić information content (AvgIpc) is 2.36. The molecule has 1 saturated heterocycles. The summed E-state index contributed by atoms with van der Waals surface area (Å²) in [5, 5.41) is 3.26. The summed E-state index contributed by atoms with van der Waals surface area (Å²) in [6, 6.07) is 4.89. The number of halogens is 1. The van der Waals surface area contributed by atoms with E-state index >= 15 is 0 Å². The van der Waals surface area contributed by atoms with Gasteiger partial charge in [0.2, 0.25) is 0 Å². The van der Waals surface area contributed by atoms with Crippen molar-refractivity contribution in [2.24, 2.45) is 5.92 Å². The predicted molar refractivity (Wildman–Crippen MR) is 74.1 cm³/mol. The van der Waals surface area contributed by atoms with Crippen molar-refractivity contribution in [1.82, 2.24) is 4.90 Å². The van der Waals surface area contributed by atoms with Crippen molar-refractivity contribution in [2.45, 2.75) is 19.3 Å². The first-order valence-corrected chi connectivity index (χ1v) is 6.62. The molecule has 0 radical (unpaired) electrons. The van der Waals surface area contributed by atoms with Crippen molar-refractivity contribution in [3.63, 3.8) is 0 Å². The first-order chi connectivity index (χ1) is 8.65. The second kappa shape index (κ2) is 6.05. The van der Waals surface area contributed by atoms with Gasteiger partial charge in [-0.05, 0) is 63.5 Å². The molecule has 4 heteroatoms. The lowest BCUT2D eigenvalue weighted by Gasteiger charge is -2.29. The van der Waals surface area contributed by atoms with E-state index in [1.54, 1.807) is 6.07 Å². The van der Waals surface area contributed by atoms with E-state index in [-0.39, 0.29) is 11.5 Å². The van der Waals surface area contributed by atoms with Crippen LogP contribution in [0.5, 0.6) is 0 Å². The lowest BCUT2D eigenvalue weighted by atomic mass is 9.94. The van der Waals surface area contributed by atoms with Gasteiger partial charge in [-0.15, -0.1) is 0 Å². The largest absolute Gasteiger partial charge is 0.396 e. The molecule has 18 heavy (non-hydrogen) atoms. The van der Waals surface area contributed by atoms with Crippen LogP contribution in [-0.4, -0.2) is 31.6 Å². The van der Waals surface area contributed by atoms with Crippen molar-refractivity contribution in [3.05, 3.63) is 24.0 Å². The molecule has 0 bridgehead atoms. The maximum Gasteiger partial charge on any atom is 0.148 e. The maximum absolute atomic E-state index is 13.2. The Labute approximate surface area is 108 Å². The predicted octanol–water partition coefficient (Wildman–Crippen LogP) is 2.55. The average molecular weight is 251 g/mol. The number of hydrogen-bond acceptors (Lipinski definition) is 3. The van der Waals surface area contributed by atoms with Crippen LogP contribution in [-0.2, 0) is 0 Å². The van der Waals surface area contributed by atoms with E-state index in [1.807, 2.05) is 6.07 Å². The monoisotopic (exact) mass is 251 g/mol. The molecular formula is C14H22FN3. The van der Waals surface area contributed by atoms with Crippen LogP contribution in [0.1, 0.15) is 19.3 Å². The molecule has 0 aromatic heterocycles. The molecule has 1 aromatic rings. The Morgan fingerprint density at radius 1 is 1.39 bits per heavy atom. The van der Waals surface area contributed by atoms with Gasteiger partial charge >= 0.3 is 0 Å². The van der Waals surface area contributed by atoms with Gasteiger partial charge in [0.05, 0.1) is 5.69 Å². The molecule has 1 fully saturated rings. The van der Waals surface area contributed by atoms with Crippen LogP contribution in [0, 0.1) is 11.7 Å². The third-order valence-corrected chi connectivity index (χ3v) is 3.72. The molecule has 2 rings (SSSR count). The van der Waals surface area contributed by atoms with Crippen LogP contribution in [0.25, 0.3) is 0 Å². The van der Waals surface area contributed by atoms with Crippen LogP contribution >= 0.6 is 0 Å². The minimum Gasteiger partial charge on any atom is -0.396 e. The molecule has 0 spiro atoms. The van der Waals surface area contributed by atoms with Crippen molar-refractivity contribution >= 4 is 11.4 Å². The number of benzene rings is 1.